The molecule has 0 radical (unpaired) electrons. The summed E-state index contributed by atoms with van der Waals surface area (Å²) >= 11 is 1.78. The third-order valence-electron chi connectivity index (χ3n) is 3.58. The summed E-state index contributed by atoms with van der Waals surface area (Å²) in [6, 6.07) is 12.6. The molecule has 0 bridgehead atoms. The second-order valence-electron chi connectivity index (χ2n) is 5.12. The Bertz CT molecular complexity index is 743. The van der Waals surface area contributed by atoms with Gasteiger partial charge in [-0.15, -0.1) is 11.3 Å². The van der Waals surface area contributed by atoms with Gasteiger partial charge in [-0.05, 0) is 29.5 Å². The summed E-state index contributed by atoms with van der Waals surface area (Å²) < 4.78 is 0. The van der Waals surface area contributed by atoms with Gasteiger partial charge < -0.3 is 10.3 Å². The van der Waals surface area contributed by atoms with Crippen molar-refractivity contribution in [2.75, 3.05) is 6.54 Å². The molecule has 21 heavy (non-hydrogen) atoms. The largest absolute Gasteiger partial charge is 0.358 e. The number of para-hydroxylation sites is 1. The standard InChI is InChI=1S/C17H18N2OS/c1-12(20)18-9-8-15-14-6-2-3-7-16(14)19-17(15)11-13-5-4-10-21-13/h2-7,10,19H,8-9,11H2,1H3,(H,18,20). The van der Waals surface area contributed by atoms with Gasteiger partial charge in [-0.3, -0.25) is 4.79 Å². The molecule has 0 spiro atoms. The van der Waals surface area contributed by atoms with Crippen LogP contribution in [0.15, 0.2) is 41.8 Å². The average molecular weight is 298 g/mol. The Kier molecular flexibility index (Phi) is 4.06. The minimum Gasteiger partial charge on any atom is -0.358 e. The van der Waals surface area contributed by atoms with Crippen molar-refractivity contribution in [3.63, 3.8) is 0 Å². The molecule has 0 atom stereocenters. The molecule has 1 amide bonds. The van der Waals surface area contributed by atoms with Crippen molar-refractivity contribution in [1.29, 1.82) is 0 Å². The first kappa shape index (κ1) is 13.9. The molecule has 2 heterocycles. The van der Waals surface area contributed by atoms with Gasteiger partial charge in [0.1, 0.15) is 0 Å². The quantitative estimate of drug-likeness (QED) is 0.744. The maximum atomic E-state index is 11.1. The first-order chi connectivity index (χ1) is 10.2. The Hall–Kier alpha value is -2.07. The monoisotopic (exact) mass is 298 g/mol. The SMILES string of the molecule is CC(=O)NCCc1c(Cc2cccs2)[nH]c2ccccc12. The van der Waals surface area contributed by atoms with Crippen molar-refractivity contribution in [1.82, 2.24) is 10.3 Å². The van der Waals surface area contributed by atoms with Crippen LogP contribution in [0.25, 0.3) is 10.9 Å². The lowest BCUT2D eigenvalue weighted by atomic mass is 10.1. The topological polar surface area (TPSA) is 44.9 Å². The molecule has 0 aliphatic carbocycles. The molecule has 3 nitrogen and oxygen atoms in total. The molecular weight excluding hydrogens is 280 g/mol. The number of thiophene rings is 1. The number of carbonyl (C=O) groups is 1. The van der Waals surface area contributed by atoms with Crippen molar-refractivity contribution in [2.45, 2.75) is 19.8 Å². The molecule has 108 valence electrons. The molecule has 3 aromatic rings. The van der Waals surface area contributed by atoms with Crippen LogP contribution >= 0.6 is 11.3 Å². The predicted octanol–water partition coefficient (Wildman–Crippen LogP) is 3.50. The van der Waals surface area contributed by atoms with Gasteiger partial charge in [0.25, 0.3) is 0 Å². The summed E-state index contributed by atoms with van der Waals surface area (Å²) in [6.45, 7) is 2.23. The summed E-state index contributed by atoms with van der Waals surface area (Å²) in [7, 11) is 0. The zero-order valence-electron chi connectivity index (χ0n) is 12.0. The number of aromatic amines is 1. The highest BCUT2D eigenvalue weighted by Crippen LogP contribution is 2.25. The van der Waals surface area contributed by atoms with Crippen molar-refractivity contribution in [3.05, 3.63) is 57.9 Å². The van der Waals surface area contributed by atoms with E-state index in [2.05, 4.69) is 46.0 Å². The fourth-order valence-electron chi connectivity index (χ4n) is 2.64. The van der Waals surface area contributed by atoms with Crippen LogP contribution in [0, 0.1) is 0 Å². The van der Waals surface area contributed by atoms with Gasteiger partial charge in [0.15, 0.2) is 0 Å². The van der Waals surface area contributed by atoms with E-state index >= 15 is 0 Å². The van der Waals surface area contributed by atoms with E-state index < -0.39 is 0 Å². The van der Waals surface area contributed by atoms with Crippen molar-refractivity contribution in [2.24, 2.45) is 0 Å². The number of rotatable bonds is 5. The van der Waals surface area contributed by atoms with E-state index in [-0.39, 0.29) is 5.91 Å². The highest BCUT2D eigenvalue weighted by Gasteiger charge is 2.12. The van der Waals surface area contributed by atoms with E-state index in [9.17, 15) is 4.79 Å². The number of amides is 1. The van der Waals surface area contributed by atoms with Crippen LogP contribution < -0.4 is 5.32 Å². The third-order valence-corrected chi connectivity index (χ3v) is 4.46. The second-order valence-corrected chi connectivity index (χ2v) is 6.15. The van der Waals surface area contributed by atoms with Gasteiger partial charge in [-0.25, -0.2) is 0 Å². The molecular formula is C17H18N2OS. The number of benzene rings is 1. The molecule has 0 unspecified atom stereocenters. The Labute approximate surface area is 128 Å². The Morgan fingerprint density at radius 3 is 2.86 bits per heavy atom. The Balaban J connectivity index is 1.91. The molecule has 0 aliphatic heterocycles. The molecule has 2 aromatic heterocycles. The summed E-state index contributed by atoms with van der Waals surface area (Å²) in [6.07, 6.45) is 1.77. The fraction of sp³-hybridized carbons (Fsp3) is 0.235. The van der Waals surface area contributed by atoms with E-state index in [0.29, 0.717) is 6.54 Å². The van der Waals surface area contributed by atoms with Crippen LogP contribution in [0.1, 0.15) is 23.1 Å². The van der Waals surface area contributed by atoms with Crippen molar-refractivity contribution in [3.8, 4) is 0 Å². The van der Waals surface area contributed by atoms with E-state index in [1.807, 2.05) is 6.07 Å². The number of nitrogens with one attached hydrogen (secondary N) is 2. The lowest BCUT2D eigenvalue weighted by molar-refractivity contribution is -0.118. The molecule has 0 aliphatic rings. The Morgan fingerprint density at radius 2 is 2.10 bits per heavy atom. The van der Waals surface area contributed by atoms with Gasteiger partial charge in [-0.2, -0.15) is 0 Å². The lowest BCUT2D eigenvalue weighted by Crippen LogP contribution is -2.22. The molecule has 3 rings (SSSR count). The van der Waals surface area contributed by atoms with E-state index in [0.717, 1.165) is 12.8 Å². The highest BCUT2D eigenvalue weighted by molar-refractivity contribution is 7.09. The third kappa shape index (κ3) is 3.16. The van der Waals surface area contributed by atoms with Crippen LogP contribution in [0.3, 0.4) is 0 Å². The maximum absolute atomic E-state index is 11.1. The minimum absolute atomic E-state index is 0.0228. The fourth-order valence-corrected chi connectivity index (χ4v) is 3.36. The number of fused-ring (bicyclic) bond motifs is 1. The second kappa shape index (κ2) is 6.14. The van der Waals surface area contributed by atoms with Crippen molar-refractivity contribution < 1.29 is 4.79 Å². The normalized spacial score (nSPS) is 10.9. The van der Waals surface area contributed by atoms with E-state index in [4.69, 9.17) is 0 Å². The first-order valence-electron chi connectivity index (χ1n) is 7.09. The number of carbonyl (C=O) groups excluding carboxylic acids is 1. The molecule has 2 N–H and O–H groups in total. The van der Waals surface area contributed by atoms with Crippen LogP contribution in [-0.4, -0.2) is 17.4 Å². The molecule has 0 saturated carbocycles. The van der Waals surface area contributed by atoms with Crippen LogP contribution in [0.5, 0.6) is 0 Å². The first-order valence-corrected chi connectivity index (χ1v) is 7.97. The average Bonchev–Trinajstić information content (AvgIpc) is 3.07. The van der Waals surface area contributed by atoms with E-state index in [1.54, 1.807) is 18.3 Å². The lowest BCUT2D eigenvalue weighted by Gasteiger charge is -2.05. The van der Waals surface area contributed by atoms with Gasteiger partial charge in [0.2, 0.25) is 5.91 Å². The maximum Gasteiger partial charge on any atom is 0.216 e. The Morgan fingerprint density at radius 1 is 1.24 bits per heavy atom. The zero-order chi connectivity index (χ0) is 14.7. The van der Waals surface area contributed by atoms with Gasteiger partial charge in [-0.1, -0.05) is 24.3 Å². The predicted molar refractivity (Wildman–Crippen MR) is 87.8 cm³/mol. The van der Waals surface area contributed by atoms with Crippen molar-refractivity contribution >= 4 is 28.1 Å². The molecule has 1 aromatic carbocycles. The smallest absolute Gasteiger partial charge is 0.216 e. The van der Waals surface area contributed by atoms with Crippen LogP contribution in [0.2, 0.25) is 0 Å². The summed E-state index contributed by atoms with van der Waals surface area (Å²) in [4.78, 5) is 15.9. The zero-order valence-corrected chi connectivity index (χ0v) is 12.8. The van der Waals surface area contributed by atoms with Crippen LogP contribution in [-0.2, 0) is 17.6 Å². The number of H-pyrrole nitrogens is 1. The number of hydrogen-bond acceptors (Lipinski definition) is 2. The molecule has 0 saturated heterocycles. The van der Waals surface area contributed by atoms with E-state index in [1.165, 1.54) is 27.0 Å². The minimum atomic E-state index is 0.0228. The van der Waals surface area contributed by atoms with Gasteiger partial charge in [0.05, 0.1) is 0 Å². The van der Waals surface area contributed by atoms with Gasteiger partial charge in [0, 0.05) is 41.4 Å². The number of aromatic nitrogens is 1. The summed E-state index contributed by atoms with van der Waals surface area (Å²) in [5.41, 5.74) is 3.73. The highest BCUT2D eigenvalue weighted by atomic mass is 32.1. The number of hydrogen-bond donors (Lipinski definition) is 2. The summed E-state index contributed by atoms with van der Waals surface area (Å²) in [5.74, 6) is 0.0228. The van der Waals surface area contributed by atoms with Crippen LogP contribution in [0.4, 0.5) is 0 Å². The molecule has 0 fully saturated rings. The summed E-state index contributed by atoms with van der Waals surface area (Å²) in [5, 5.41) is 6.25. The van der Waals surface area contributed by atoms with Gasteiger partial charge >= 0.3 is 0 Å². The molecule has 4 heteroatoms.